The molecule has 2 N–H and O–H groups in total. The highest BCUT2D eigenvalue weighted by Gasteiger charge is 2.33. The lowest BCUT2D eigenvalue weighted by atomic mass is 10.0. The Morgan fingerprint density at radius 2 is 1.83 bits per heavy atom. The molecule has 0 amide bonds. The fraction of sp³-hybridized carbons (Fsp3) is 0.360. The summed E-state index contributed by atoms with van der Waals surface area (Å²) in [7, 11) is 1.57. The van der Waals surface area contributed by atoms with E-state index >= 15 is 4.39 Å². The molecule has 1 aliphatic rings. The van der Waals surface area contributed by atoms with E-state index in [9.17, 15) is 18.3 Å². The normalized spacial score (nSPS) is 16.9. The van der Waals surface area contributed by atoms with E-state index in [-0.39, 0.29) is 24.3 Å². The Kier molecular flexibility index (Phi) is 7.39. The molecule has 6 nitrogen and oxygen atoms in total. The predicted molar refractivity (Wildman–Crippen MR) is 124 cm³/mol. The highest BCUT2D eigenvalue weighted by Crippen LogP contribution is 2.38. The summed E-state index contributed by atoms with van der Waals surface area (Å²) < 4.78 is 59.4. The maximum absolute atomic E-state index is 15.5. The maximum atomic E-state index is 15.5. The van der Waals surface area contributed by atoms with Crippen molar-refractivity contribution in [2.45, 2.75) is 37.5 Å². The molecule has 2 aromatic carbocycles. The summed E-state index contributed by atoms with van der Waals surface area (Å²) in [4.78, 5) is 9.91. The molecule has 4 rings (SSSR count). The van der Waals surface area contributed by atoms with E-state index < -0.39 is 23.6 Å². The minimum Gasteiger partial charge on any atom is -0.497 e. The number of nitrogens with one attached hydrogen (secondary N) is 1. The SMILES string of the molecule is COc1ccc(CC(CO)Nc2ncnc(N3CCCC3c3ccc(C(F)(F)F)cc3)c2F)cc1. The van der Waals surface area contributed by atoms with Gasteiger partial charge in [-0.25, -0.2) is 9.97 Å². The molecule has 2 unspecified atom stereocenters. The molecule has 10 heteroatoms. The summed E-state index contributed by atoms with van der Waals surface area (Å²) >= 11 is 0. The van der Waals surface area contributed by atoms with Gasteiger partial charge in [-0.1, -0.05) is 24.3 Å². The second kappa shape index (κ2) is 10.5. The van der Waals surface area contributed by atoms with Crippen LogP contribution in [0.5, 0.6) is 5.75 Å². The molecule has 0 aliphatic carbocycles. The number of benzene rings is 2. The Morgan fingerprint density at radius 1 is 1.11 bits per heavy atom. The van der Waals surface area contributed by atoms with E-state index in [0.29, 0.717) is 30.7 Å². The van der Waals surface area contributed by atoms with Gasteiger partial charge >= 0.3 is 6.18 Å². The first-order valence-corrected chi connectivity index (χ1v) is 11.2. The highest BCUT2D eigenvalue weighted by atomic mass is 19.4. The monoisotopic (exact) mass is 490 g/mol. The second-order valence-corrected chi connectivity index (χ2v) is 8.41. The van der Waals surface area contributed by atoms with Crippen molar-refractivity contribution in [1.29, 1.82) is 0 Å². The molecule has 2 atom stereocenters. The fourth-order valence-electron chi connectivity index (χ4n) is 4.32. The van der Waals surface area contributed by atoms with Gasteiger partial charge in [-0.15, -0.1) is 0 Å². The number of aromatic nitrogens is 2. The lowest BCUT2D eigenvalue weighted by molar-refractivity contribution is -0.137. The van der Waals surface area contributed by atoms with Gasteiger partial charge in [0.2, 0.25) is 5.82 Å². The van der Waals surface area contributed by atoms with Gasteiger partial charge in [0.1, 0.15) is 12.1 Å². The zero-order valence-corrected chi connectivity index (χ0v) is 19.1. The Labute approximate surface area is 200 Å². The van der Waals surface area contributed by atoms with E-state index in [0.717, 1.165) is 24.1 Å². The highest BCUT2D eigenvalue weighted by molar-refractivity contribution is 5.53. The van der Waals surface area contributed by atoms with Crippen molar-refractivity contribution >= 4 is 11.6 Å². The molecule has 35 heavy (non-hydrogen) atoms. The number of halogens is 4. The first-order valence-electron chi connectivity index (χ1n) is 11.2. The molecule has 1 saturated heterocycles. The Hall–Kier alpha value is -3.40. The number of anilines is 2. The lowest BCUT2D eigenvalue weighted by Gasteiger charge is -2.27. The van der Waals surface area contributed by atoms with Crippen LogP contribution in [0.1, 0.15) is 35.6 Å². The third-order valence-corrected chi connectivity index (χ3v) is 6.12. The standard InChI is InChI=1S/C25H26F4N4O2/c1-35-20-10-4-16(5-11-20)13-19(14-34)32-23-22(26)24(31-15-30-23)33-12-2-3-21(33)17-6-8-18(9-7-17)25(27,28)29/h4-11,15,19,21,34H,2-3,12-14H2,1H3,(H,30,31,32). The summed E-state index contributed by atoms with van der Waals surface area (Å²) in [6.45, 7) is 0.261. The molecule has 3 aromatic rings. The molecule has 1 aliphatic heterocycles. The van der Waals surface area contributed by atoms with Crippen molar-refractivity contribution < 1.29 is 27.4 Å². The van der Waals surface area contributed by atoms with Crippen LogP contribution in [0, 0.1) is 5.82 Å². The number of rotatable bonds is 8. The van der Waals surface area contributed by atoms with E-state index in [2.05, 4.69) is 15.3 Å². The van der Waals surface area contributed by atoms with Crippen molar-refractivity contribution in [3.8, 4) is 5.75 Å². The Morgan fingerprint density at radius 3 is 2.46 bits per heavy atom. The van der Waals surface area contributed by atoms with Crippen LogP contribution in [0.3, 0.4) is 0 Å². The van der Waals surface area contributed by atoms with E-state index in [1.54, 1.807) is 12.0 Å². The summed E-state index contributed by atoms with van der Waals surface area (Å²) in [5, 5.41) is 12.8. The quantitative estimate of drug-likeness (QED) is 0.433. The molecule has 186 valence electrons. The van der Waals surface area contributed by atoms with Gasteiger partial charge in [-0.3, -0.25) is 0 Å². The van der Waals surface area contributed by atoms with Gasteiger partial charge in [0.15, 0.2) is 11.6 Å². The van der Waals surface area contributed by atoms with Crippen molar-refractivity contribution in [1.82, 2.24) is 9.97 Å². The van der Waals surface area contributed by atoms with E-state index in [4.69, 9.17) is 4.74 Å². The minimum atomic E-state index is -4.41. The number of aliphatic hydroxyl groups is 1. The summed E-state index contributed by atoms with van der Waals surface area (Å²) in [6, 6.07) is 11.5. The molecule has 1 aromatic heterocycles. The number of aliphatic hydroxyl groups excluding tert-OH is 1. The maximum Gasteiger partial charge on any atom is 0.416 e. The zero-order chi connectivity index (χ0) is 25.0. The van der Waals surface area contributed by atoms with Crippen LogP contribution in [0.2, 0.25) is 0 Å². The first kappa shape index (κ1) is 24.7. The average molecular weight is 491 g/mol. The summed E-state index contributed by atoms with van der Waals surface area (Å²) in [5.41, 5.74) is 0.863. The molecule has 1 fully saturated rings. The first-order chi connectivity index (χ1) is 16.8. The fourth-order valence-corrected chi connectivity index (χ4v) is 4.32. The molecule has 0 spiro atoms. The van der Waals surface area contributed by atoms with Gasteiger partial charge in [0.05, 0.1) is 31.4 Å². The third-order valence-electron chi connectivity index (χ3n) is 6.12. The van der Waals surface area contributed by atoms with Gasteiger partial charge in [-0.2, -0.15) is 17.6 Å². The van der Waals surface area contributed by atoms with Gasteiger partial charge in [-0.05, 0) is 54.7 Å². The number of hydrogen-bond acceptors (Lipinski definition) is 6. The average Bonchev–Trinajstić information content (AvgIpc) is 3.34. The van der Waals surface area contributed by atoms with Crippen LogP contribution in [0.15, 0.2) is 54.9 Å². The van der Waals surface area contributed by atoms with Crippen molar-refractivity contribution in [2.75, 3.05) is 30.5 Å². The van der Waals surface area contributed by atoms with Crippen LogP contribution in [0.25, 0.3) is 0 Å². The third kappa shape index (κ3) is 5.64. The summed E-state index contributed by atoms with van der Waals surface area (Å²) in [5.74, 6) is 0.0770. The van der Waals surface area contributed by atoms with Crippen LogP contribution in [-0.4, -0.2) is 41.4 Å². The molecule has 0 bridgehead atoms. The largest absolute Gasteiger partial charge is 0.497 e. The van der Waals surface area contributed by atoms with Gasteiger partial charge in [0.25, 0.3) is 0 Å². The Balaban J connectivity index is 1.52. The smallest absolute Gasteiger partial charge is 0.416 e. The van der Waals surface area contributed by atoms with Crippen LogP contribution >= 0.6 is 0 Å². The van der Waals surface area contributed by atoms with Crippen LogP contribution in [-0.2, 0) is 12.6 Å². The van der Waals surface area contributed by atoms with Gasteiger partial charge in [0, 0.05) is 6.54 Å². The topological polar surface area (TPSA) is 70.5 Å². The van der Waals surface area contributed by atoms with Crippen molar-refractivity contribution in [3.05, 3.63) is 77.4 Å². The summed E-state index contributed by atoms with van der Waals surface area (Å²) in [6.07, 6.45) is -1.34. The number of nitrogens with zero attached hydrogens (tertiary/aromatic N) is 3. The predicted octanol–water partition coefficient (Wildman–Crippen LogP) is 5.00. The van der Waals surface area contributed by atoms with Crippen LogP contribution in [0.4, 0.5) is 29.2 Å². The molecule has 0 saturated carbocycles. The van der Waals surface area contributed by atoms with E-state index in [1.165, 1.54) is 18.5 Å². The lowest BCUT2D eigenvalue weighted by Crippen LogP contribution is -2.29. The van der Waals surface area contributed by atoms with E-state index in [1.807, 2.05) is 24.3 Å². The number of methoxy groups -OCH3 is 1. The molecule has 2 heterocycles. The van der Waals surface area contributed by atoms with Crippen molar-refractivity contribution in [3.63, 3.8) is 0 Å². The number of hydrogen-bond donors (Lipinski definition) is 2. The van der Waals surface area contributed by atoms with Crippen LogP contribution < -0.4 is 15.0 Å². The Bertz CT molecular complexity index is 1120. The minimum absolute atomic E-state index is 0.0411. The van der Waals surface area contributed by atoms with Crippen molar-refractivity contribution in [2.24, 2.45) is 0 Å². The number of alkyl halides is 3. The molecular weight excluding hydrogens is 464 g/mol. The molecular formula is C25H26F4N4O2. The molecule has 0 radical (unpaired) electrons. The van der Waals surface area contributed by atoms with Gasteiger partial charge < -0.3 is 20.1 Å². The number of ether oxygens (including phenoxy) is 1. The zero-order valence-electron chi connectivity index (χ0n) is 19.1. The second-order valence-electron chi connectivity index (χ2n) is 8.41.